The molecule has 0 saturated carbocycles. The Kier molecular flexibility index (Phi) is 3.24. The van der Waals surface area contributed by atoms with Gasteiger partial charge in [-0.3, -0.25) is 4.90 Å². The fourth-order valence-corrected chi connectivity index (χ4v) is 2.06. The van der Waals surface area contributed by atoms with Crippen LogP contribution in [0.25, 0.3) is 0 Å². The van der Waals surface area contributed by atoms with Gasteiger partial charge in [0, 0.05) is 30.2 Å². The number of β-amino-alcohol motifs (C(OH)–C–C–N with tert-alkyl or cyclic N) is 1. The van der Waals surface area contributed by atoms with Crippen molar-refractivity contribution in [2.24, 2.45) is 0 Å². The van der Waals surface area contributed by atoms with Crippen molar-refractivity contribution < 1.29 is 9.50 Å². The Morgan fingerprint density at radius 3 is 3.00 bits per heavy atom. The van der Waals surface area contributed by atoms with Crippen LogP contribution in [0.3, 0.4) is 0 Å². The number of likely N-dealkylation sites (tertiary alicyclic amines) is 1. The van der Waals surface area contributed by atoms with E-state index in [-0.39, 0.29) is 11.9 Å². The summed E-state index contributed by atoms with van der Waals surface area (Å²) in [5.74, 6) is -0.235. The number of halogens is 2. The van der Waals surface area contributed by atoms with Gasteiger partial charge >= 0.3 is 0 Å². The molecule has 2 rings (SSSR count). The van der Waals surface area contributed by atoms with Crippen molar-refractivity contribution in [3.8, 4) is 0 Å². The van der Waals surface area contributed by atoms with Crippen molar-refractivity contribution in [1.82, 2.24) is 4.90 Å². The van der Waals surface area contributed by atoms with Crippen molar-refractivity contribution in [3.05, 3.63) is 34.6 Å². The number of hydrogen-bond acceptors (Lipinski definition) is 2. The summed E-state index contributed by atoms with van der Waals surface area (Å²) in [5, 5.41) is 9.89. The summed E-state index contributed by atoms with van der Waals surface area (Å²) in [6.07, 6.45) is 0.495. The predicted octanol–water partition coefficient (Wildman–Crippen LogP) is 2.05. The molecule has 0 unspecified atom stereocenters. The Labute approximate surface area is 93.3 Å². The first-order chi connectivity index (χ1) is 7.15. The molecule has 1 aromatic carbocycles. The molecule has 0 aliphatic carbocycles. The molecule has 1 atom stereocenters. The first kappa shape index (κ1) is 10.9. The third-order valence-corrected chi connectivity index (χ3v) is 2.88. The second kappa shape index (κ2) is 4.47. The Balaban J connectivity index is 2.07. The van der Waals surface area contributed by atoms with Crippen LogP contribution in [-0.2, 0) is 6.54 Å². The quantitative estimate of drug-likeness (QED) is 0.839. The van der Waals surface area contributed by atoms with Gasteiger partial charge in [-0.25, -0.2) is 4.39 Å². The van der Waals surface area contributed by atoms with Crippen LogP contribution in [-0.4, -0.2) is 29.2 Å². The Morgan fingerprint density at radius 2 is 2.33 bits per heavy atom. The van der Waals surface area contributed by atoms with E-state index in [9.17, 15) is 9.50 Å². The van der Waals surface area contributed by atoms with Crippen LogP contribution in [0.2, 0.25) is 5.02 Å². The lowest BCUT2D eigenvalue weighted by atomic mass is 10.2. The zero-order valence-corrected chi connectivity index (χ0v) is 9.04. The zero-order valence-electron chi connectivity index (χ0n) is 8.29. The minimum absolute atomic E-state index is 0.235. The summed E-state index contributed by atoms with van der Waals surface area (Å²) >= 11 is 5.80. The van der Waals surface area contributed by atoms with E-state index in [2.05, 4.69) is 0 Å². The predicted molar refractivity (Wildman–Crippen MR) is 57.3 cm³/mol. The maximum atomic E-state index is 13.4. The van der Waals surface area contributed by atoms with Crippen LogP contribution in [0.1, 0.15) is 12.0 Å². The molecule has 1 heterocycles. The lowest BCUT2D eigenvalue weighted by molar-refractivity contribution is 0.174. The van der Waals surface area contributed by atoms with Crippen molar-refractivity contribution >= 4 is 11.6 Å². The molecule has 4 heteroatoms. The highest BCUT2D eigenvalue weighted by Gasteiger charge is 2.20. The van der Waals surface area contributed by atoms with Gasteiger partial charge in [0.15, 0.2) is 0 Å². The summed E-state index contributed by atoms with van der Waals surface area (Å²) in [4.78, 5) is 2.03. The van der Waals surface area contributed by atoms with Crippen LogP contribution >= 0.6 is 11.6 Å². The highest BCUT2D eigenvalue weighted by Crippen LogP contribution is 2.19. The van der Waals surface area contributed by atoms with Crippen molar-refractivity contribution in [3.63, 3.8) is 0 Å². The van der Waals surface area contributed by atoms with Crippen molar-refractivity contribution in [2.75, 3.05) is 13.1 Å². The van der Waals surface area contributed by atoms with Crippen LogP contribution in [0.4, 0.5) is 4.39 Å². The monoisotopic (exact) mass is 229 g/mol. The first-order valence-corrected chi connectivity index (χ1v) is 5.37. The fraction of sp³-hybridized carbons (Fsp3) is 0.455. The Hall–Kier alpha value is -0.640. The van der Waals surface area contributed by atoms with Gasteiger partial charge in [0.25, 0.3) is 0 Å². The SMILES string of the molecule is O[C@H]1CCN(Cc2cc(Cl)ccc2F)C1. The molecule has 0 bridgehead atoms. The summed E-state index contributed by atoms with van der Waals surface area (Å²) in [5.41, 5.74) is 0.594. The molecule has 0 aromatic heterocycles. The summed E-state index contributed by atoms with van der Waals surface area (Å²) in [6, 6.07) is 4.56. The van der Waals surface area contributed by atoms with Gasteiger partial charge in [0.1, 0.15) is 5.82 Å². The molecule has 1 fully saturated rings. The second-order valence-electron chi connectivity index (χ2n) is 3.91. The lowest BCUT2D eigenvalue weighted by Crippen LogP contribution is -2.22. The molecule has 1 saturated heterocycles. The summed E-state index contributed by atoms with van der Waals surface area (Å²) in [6.45, 7) is 1.95. The minimum Gasteiger partial charge on any atom is -0.392 e. The topological polar surface area (TPSA) is 23.5 Å². The van der Waals surface area contributed by atoms with Gasteiger partial charge in [0.2, 0.25) is 0 Å². The number of aliphatic hydroxyl groups excluding tert-OH is 1. The lowest BCUT2D eigenvalue weighted by Gasteiger charge is -2.15. The second-order valence-corrected chi connectivity index (χ2v) is 4.35. The highest BCUT2D eigenvalue weighted by atomic mass is 35.5. The van der Waals surface area contributed by atoms with E-state index >= 15 is 0 Å². The van der Waals surface area contributed by atoms with Crippen LogP contribution in [0.15, 0.2) is 18.2 Å². The Morgan fingerprint density at radius 1 is 1.53 bits per heavy atom. The van der Waals surface area contributed by atoms with Gasteiger partial charge < -0.3 is 5.11 Å². The number of nitrogens with zero attached hydrogens (tertiary/aromatic N) is 1. The third-order valence-electron chi connectivity index (χ3n) is 2.65. The molecule has 2 nitrogen and oxygen atoms in total. The average molecular weight is 230 g/mol. The molecule has 0 amide bonds. The van der Waals surface area contributed by atoms with Crippen LogP contribution in [0, 0.1) is 5.82 Å². The largest absolute Gasteiger partial charge is 0.392 e. The molecule has 1 N–H and O–H groups in total. The van der Waals surface area contributed by atoms with Gasteiger partial charge in [-0.1, -0.05) is 11.6 Å². The molecule has 1 aromatic rings. The van der Waals surface area contributed by atoms with E-state index in [1.807, 2.05) is 4.90 Å². The van der Waals surface area contributed by atoms with Gasteiger partial charge in [-0.05, 0) is 24.6 Å². The number of rotatable bonds is 2. The minimum atomic E-state index is -0.271. The van der Waals surface area contributed by atoms with Crippen LogP contribution in [0.5, 0.6) is 0 Å². The van der Waals surface area contributed by atoms with E-state index in [1.54, 1.807) is 12.1 Å². The third kappa shape index (κ3) is 2.68. The number of benzene rings is 1. The van der Waals surface area contributed by atoms with E-state index in [4.69, 9.17) is 11.6 Å². The van der Waals surface area contributed by atoms with Gasteiger partial charge in [-0.2, -0.15) is 0 Å². The molecule has 0 spiro atoms. The molecule has 0 radical (unpaired) electrons. The smallest absolute Gasteiger partial charge is 0.127 e. The van der Waals surface area contributed by atoms with Gasteiger partial charge in [-0.15, -0.1) is 0 Å². The van der Waals surface area contributed by atoms with E-state index in [0.29, 0.717) is 23.7 Å². The van der Waals surface area contributed by atoms with Crippen molar-refractivity contribution in [2.45, 2.75) is 19.1 Å². The van der Waals surface area contributed by atoms with Gasteiger partial charge in [0.05, 0.1) is 6.10 Å². The zero-order chi connectivity index (χ0) is 10.8. The molecular weight excluding hydrogens is 217 g/mol. The average Bonchev–Trinajstić information content (AvgIpc) is 2.58. The molecule has 1 aliphatic rings. The molecule has 1 aliphatic heterocycles. The highest BCUT2D eigenvalue weighted by molar-refractivity contribution is 6.30. The maximum absolute atomic E-state index is 13.4. The van der Waals surface area contributed by atoms with Crippen molar-refractivity contribution in [1.29, 1.82) is 0 Å². The number of hydrogen-bond donors (Lipinski definition) is 1. The molecule has 82 valence electrons. The summed E-state index contributed by atoms with van der Waals surface area (Å²) in [7, 11) is 0. The first-order valence-electron chi connectivity index (χ1n) is 4.99. The van der Waals surface area contributed by atoms with E-state index < -0.39 is 0 Å². The van der Waals surface area contributed by atoms with Crippen LogP contribution < -0.4 is 0 Å². The molecule has 15 heavy (non-hydrogen) atoms. The molecular formula is C11H13ClFNO. The summed E-state index contributed by atoms with van der Waals surface area (Å²) < 4.78 is 13.4. The van der Waals surface area contributed by atoms with E-state index in [1.165, 1.54) is 6.07 Å². The number of aliphatic hydroxyl groups is 1. The standard InChI is InChI=1S/C11H13ClFNO/c12-9-1-2-11(13)8(5-9)6-14-4-3-10(15)7-14/h1-2,5,10,15H,3-4,6-7H2/t10-/m0/s1. The fourth-order valence-electron chi connectivity index (χ4n) is 1.86. The Bertz CT molecular complexity index is 358. The maximum Gasteiger partial charge on any atom is 0.127 e. The normalized spacial score (nSPS) is 22.2. The van der Waals surface area contributed by atoms with E-state index in [0.717, 1.165) is 13.0 Å².